The Hall–Kier alpha value is -0.960. The van der Waals surface area contributed by atoms with Gasteiger partial charge >= 0.3 is 0 Å². The first-order chi connectivity index (χ1) is 7.63. The van der Waals surface area contributed by atoms with Crippen LogP contribution >= 0.6 is 34.8 Å². The van der Waals surface area contributed by atoms with Crippen LogP contribution in [0.3, 0.4) is 0 Å². The normalized spacial score (nSPS) is 10.4. The Balaban J connectivity index is 2.69. The second-order valence-electron chi connectivity index (χ2n) is 3.06. The van der Waals surface area contributed by atoms with Crippen LogP contribution in [-0.4, -0.2) is 6.29 Å². The van der Waals surface area contributed by atoms with Gasteiger partial charge in [0, 0.05) is 16.1 Å². The third kappa shape index (κ3) is 1.96. The SMILES string of the molecule is O=Cc1occc1-c1c(Cl)cc(Cl)cc1Cl. The fraction of sp³-hybridized carbons (Fsp3) is 0. The fourth-order valence-corrected chi connectivity index (χ4v) is 2.44. The van der Waals surface area contributed by atoms with Gasteiger partial charge in [-0.15, -0.1) is 0 Å². The number of carbonyl (C=O) groups excluding carboxylic acids is 1. The number of benzene rings is 1. The third-order valence-electron chi connectivity index (χ3n) is 2.08. The molecule has 0 spiro atoms. The van der Waals surface area contributed by atoms with Crippen molar-refractivity contribution in [3.05, 3.63) is 45.3 Å². The lowest BCUT2D eigenvalue weighted by atomic mass is 10.1. The largest absolute Gasteiger partial charge is 0.461 e. The first-order valence-corrected chi connectivity index (χ1v) is 5.44. The van der Waals surface area contributed by atoms with Crippen molar-refractivity contribution in [1.82, 2.24) is 0 Å². The highest BCUT2D eigenvalue weighted by Gasteiger charge is 2.15. The molecule has 0 fully saturated rings. The zero-order chi connectivity index (χ0) is 11.7. The van der Waals surface area contributed by atoms with Gasteiger partial charge in [0.1, 0.15) is 0 Å². The second-order valence-corrected chi connectivity index (χ2v) is 4.31. The summed E-state index contributed by atoms with van der Waals surface area (Å²) >= 11 is 17.9. The van der Waals surface area contributed by atoms with E-state index in [1.165, 1.54) is 6.26 Å². The van der Waals surface area contributed by atoms with Crippen LogP contribution in [0.25, 0.3) is 11.1 Å². The average Bonchev–Trinajstić information content (AvgIpc) is 2.64. The van der Waals surface area contributed by atoms with Crippen LogP contribution in [0.15, 0.2) is 28.9 Å². The summed E-state index contributed by atoms with van der Waals surface area (Å²) in [4.78, 5) is 10.7. The van der Waals surface area contributed by atoms with Gasteiger partial charge in [0.25, 0.3) is 0 Å². The van der Waals surface area contributed by atoms with Crippen molar-refractivity contribution in [2.45, 2.75) is 0 Å². The molecular weight excluding hydrogens is 270 g/mol. The highest BCUT2D eigenvalue weighted by atomic mass is 35.5. The van der Waals surface area contributed by atoms with Gasteiger partial charge in [0.15, 0.2) is 12.0 Å². The van der Waals surface area contributed by atoms with Crippen LogP contribution in [0, 0.1) is 0 Å². The van der Waals surface area contributed by atoms with Gasteiger partial charge in [-0.2, -0.15) is 0 Å². The molecule has 2 aromatic rings. The minimum absolute atomic E-state index is 0.186. The molecule has 1 heterocycles. The molecule has 0 aliphatic rings. The number of rotatable bonds is 2. The van der Waals surface area contributed by atoms with Crippen molar-refractivity contribution in [1.29, 1.82) is 0 Å². The van der Waals surface area contributed by atoms with Crippen LogP contribution in [0.1, 0.15) is 10.6 Å². The Morgan fingerprint density at radius 3 is 2.31 bits per heavy atom. The van der Waals surface area contributed by atoms with E-state index in [2.05, 4.69) is 0 Å². The standard InChI is InChI=1S/C11H5Cl3O2/c12-6-3-8(13)11(9(14)4-6)7-1-2-16-10(7)5-15/h1-5H. The van der Waals surface area contributed by atoms with Crippen LogP contribution < -0.4 is 0 Å². The smallest absolute Gasteiger partial charge is 0.185 e. The average molecular weight is 276 g/mol. The quantitative estimate of drug-likeness (QED) is 0.742. The van der Waals surface area contributed by atoms with Crippen molar-refractivity contribution >= 4 is 41.1 Å². The van der Waals surface area contributed by atoms with Crippen LogP contribution in [0.5, 0.6) is 0 Å². The van der Waals surface area contributed by atoms with E-state index in [-0.39, 0.29) is 5.76 Å². The summed E-state index contributed by atoms with van der Waals surface area (Å²) in [5.74, 6) is 0.186. The van der Waals surface area contributed by atoms with Crippen molar-refractivity contribution in [3.8, 4) is 11.1 Å². The minimum atomic E-state index is 0.186. The molecule has 0 bridgehead atoms. The van der Waals surface area contributed by atoms with Gasteiger partial charge in [-0.25, -0.2) is 0 Å². The lowest BCUT2D eigenvalue weighted by molar-refractivity contribution is 0.110. The predicted molar refractivity (Wildman–Crippen MR) is 64.6 cm³/mol. The molecule has 0 unspecified atom stereocenters. The zero-order valence-electron chi connectivity index (χ0n) is 7.84. The van der Waals surface area contributed by atoms with Gasteiger partial charge in [0.05, 0.1) is 16.3 Å². The molecule has 2 rings (SSSR count). The molecule has 1 aromatic carbocycles. The van der Waals surface area contributed by atoms with E-state index in [9.17, 15) is 4.79 Å². The summed E-state index contributed by atoms with van der Waals surface area (Å²) in [6.45, 7) is 0. The number of halogens is 3. The Kier molecular flexibility index (Phi) is 3.24. The topological polar surface area (TPSA) is 30.2 Å². The molecule has 0 amide bonds. The Bertz CT molecular complexity index is 523. The molecule has 82 valence electrons. The van der Waals surface area contributed by atoms with Gasteiger partial charge in [-0.3, -0.25) is 4.79 Å². The van der Waals surface area contributed by atoms with Gasteiger partial charge in [0.2, 0.25) is 0 Å². The summed E-state index contributed by atoms with van der Waals surface area (Å²) in [6, 6.07) is 4.75. The lowest BCUT2D eigenvalue weighted by Gasteiger charge is -2.05. The Morgan fingerprint density at radius 2 is 1.75 bits per heavy atom. The number of hydrogen-bond donors (Lipinski definition) is 0. The van der Waals surface area contributed by atoms with Crippen molar-refractivity contribution in [2.24, 2.45) is 0 Å². The van der Waals surface area contributed by atoms with Crippen LogP contribution in [-0.2, 0) is 0 Å². The van der Waals surface area contributed by atoms with Crippen molar-refractivity contribution in [2.75, 3.05) is 0 Å². The van der Waals surface area contributed by atoms with E-state index in [4.69, 9.17) is 39.2 Å². The summed E-state index contributed by atoms with van der Waals surface area (Å²) in [5.41, 5.74) is 1.10. The van der Waals surface area contributed by atoms with Crippen LogP contribution in [0.2, 0.25) is 15.1 Å². The zero-order valence-corrected chi connectivity index (χ0v) is 10.1. The number of carbonyl (C=O) groups is 1. The van der Waals surface area contributed by atoms with Crippen molar-refractivity contribution in [3.63, 3.8) is 0 Å². The monoisotopic (exact) mass is 274 g/mol. The summed E-state index contributed by atoms with van der Waals surface area (Å²) < 4.78 is 4.99. The van der Waals surface area contributed by atoms with E-state index >= 15 is 0 Å². The number of furan rings is 1. The van der Waals surface area contributed by atoms with Gasteiger partial charge < -0.3 is 4.42 Å². The maximum Gasteiger partial charge on any atom is 0.185 e. The predicted octanol–water partition coefficient (Wildman–Crippen LogP) is 4.72. The molecule has 16 heavy (non-hydrogen) atoms. The lowest BCUT2D eigenvalue weighted by Crippen LogP contribution is -1.85. The van der Waals surface area contributed by atoms with Crippen LogP contribution in [0.4, 0.5) is 0 Å². The van der Waals surface area contributed by atoms with E-state index in [1.807, 2.05) is 0 Å². The molecule has 0 aliphatic heterocycles. The van der Waals surface area contributed by atoms with E-state index < -0.39 is 0 Å². The second kappa shape index (κ2) is 4.50. The fourth-order valence-electron chi connectivity index (χ4n) is 1.42. The summed E-state index contributed by atoms with van der Waals surface area (Å²) in [5, 5.41) is 1.19. The Labute approximate surface area is 107 Å². The number of hydrogen-bond acceptors (Lipinski definition) is 2. The molecule has 1 aromatic heterocycles. The molecule has 0 saturated carbocycles. The highest BCUT2D eigenvalue weighted by molar-refractivity contribution is 6.42. The van der Waals surface area contributed by atoms with E-state index in [0.29, 0.717) is 32.5 Å². The molecule has 0 aliphatic carbocycles. The highest BCUT2D eigenvalue weighted by Crippen LogP contribution is 2.38. The summed E-state index contributed by atoms with van der Waals surface area (Å²) in [7, 11) is 0. The molecule has 2 nitrogen and oxygen atoms in total. The minimum Gasteiger partial charge on any atom is -0.461 e. The molecule has 0 atom stereocenters. The molecular formula is C11H5Cl3O2. The van der Waals surface area contributed by atoms with Crippen molar-refractivity contribution < 1.29 is 9.21 Å². The summed E-state index contributed by atoms with van der Waals surface area (Å²) in [6.07, 6.45) is 2.01. The van der Waals surface area contributed by atoms with E-state index in [1.54, 1.807) is 18.2 Å². The molecule has 5 heteroatoms. The first-order valence-electron chi connectivity index (χ1n) is 4.31. The third-order valence-corrected chi connectivity index (χ3v) is 2.89. The molecule has 0 radical (unpaired) electrons. The first kappa shape index (κ1) is 11.5. The van der Waals surface area contributed by atoms with E-state index in [0.717, 1.165) is 0 Å². The van der Waals surface area contributed by atoms with Gasteiger partial charge in [-0.05, 0) is 18.2 Å². The maximum absolute atomic E-state index is 10.7. The molecule has 0 N–H and O–H groups in total. The maximum atomic E-state index is 10.7. The van der Waals surface area contributed by atoms with Gasteiger partial charge in [-0.1, -0.05) is 34.8 Å². The number of aldehydes is 1. The molecule has 0 saturated heterocycles. The Morgan fingerprint density at radius 1 is 1.12 bits per heavy atom.